The summed E-state index contributed by atoms with van der Waals surface area (Å²) < 4.78 is 6.78. The molecule has 1 heterocycles. The van der Waals surface area contributed by atoms with Gasteiger partial charge < -0.3 is 9.33 Å². The van der Waals surface area contributed by atoms with E-state index in [1.165, 1.54) is 10.5 Å². The topological polar surface area (TPSA) is 29.5 Å². The highest BCUT2D eigenvalue weighted by atomic mass is 32.2. The molecule has 0 aliphatic carbocycles. The van der Waals surface area contributed by atoms with Crippen molar-refractivity contribution in [1.82, 2.24) is 4.90 Å². The number of hydrogen-bond donors (Lipinski definition) is 0. The van der Waals surface area contributed by atoms with Crippen LogP contribution in [0.25, 0.3) is 0 Å². The van der Waals surface area contributed by atoms with Crippen molar-refractivity contribution >= 4 is 26.0 Å². The van der Waals surface area contributed by atoms with Crippen LogP contribution >= 0.6 is 11.8 Å². The first kappa shape index (κ1) is 25.1. The van der Waals surface area contributed by atoms with Gasteiger partial charge in [0.05, 0.1) is 6.26 Å². The van der Waals surface area contributed by atoms with Crippen LogP contribution in [0.3, 0.4) is 0 Å². The van der Waals surface area contributed by atoms with E-state index in [2.05, 4.69) is 78.0 Å². The minimum absolute atomic E-state index is 0.230. The standard InChI is InChI=1S/C25H41NO2SSi/c1-18(2)30(19(3)4,20(5)6)28-17-24(29-8)21(7)23-14-15-25(27)26(23)16-22-12-10-9-11-13-22/h9-13,17-21,23H,14-16H2,1-8H3/b24-17+/t21-,23-/m0/s1. The monoisotopic (exact) mass is 447 g/mol. The van der Waals surface area contributed by atoms with Crippen molar-refractivity contribution in [3.63, 3.8) is 0 Å². The van der Waals surface area contributed by atoms with Gasteiger partial charge in [-0.15, -0.1) is 11.8 Å². The molecule has 1 fully saturated rings. The van der Waals surface area contributed by atoms with E-state index < -0.39 is 8.32 Å². The van der Waals surface area contributed by atoms with Gasteiger partial charge in [0.25, 0.3) is 8.32 Å². The molecule has 0 bridgehead atoms. The van der Waals surface area contributed by atoms with E-state index in [-0.39, 0.29) is 17.9 Å². The Labute approximate surface area is 189 Å². The normalized spacial score (nSPS) is 19.3. The highest BCUT2D eigenvalue weighted by Crippen LogP contribution is 2.43. The molecule has 1 amide bonds. The second kappa shape index (κ2) is 10.9. The van der Waals surface area contributed by atoms with E-state index in [0.717, 1.165) is 6.42 Å². The Morgan fingerprint density at radius 3 is 2.17 bits per heavy atom. The number of carbonyl (C=O) groups is 1. The van der Waals surface area contributed by atoms with Gasteiger partial charge in [0.15, 0.2) is 0 Å². The van der Waals surface area contributed by atoms with Gasteiger partial charge >= 0.3 is 0 Å². The molecular formula is C25H41NO2SSi. The predicted octanol–water partition coefficient (Wildman–Crippen LogP) is 7.21. The zero-order valence-electron chi connectivity index (χ0n) is 20.1. The second-order valence-electron chi connectivity index (χ2n) is 9.56. The van der Waals surface area contributed by atoms with Gasteiger partial charge in [-0.05, 0) is 34.9 Å². The van der Waals surface area contributed by atoms with Crippen LogP contribution in [-0.4, -0.2) is 31.4 Å². The summed E-state index contributed by atoms with van der Waals surface area (Å²) in [5, 5.41) is 0. The van der Waals surface area contributed by atoms with Crippen molar-refractivity contribution in [1.29, 1.82) is 0 Å². The Bertz CT molecular complexity index is 695. The molecule has 2 atom stereocenters. The SMILES string of the molecule is CS/C(=C/O[Si](C(C)C)(C(C)C)C(C)C)[C@@H](C)[C@@H]1CCC(=O)N1Cc1ccccc1. The van der Waals surface area contributed by atoms with E-state index >= 15 is 0 Å². The van der Waals surface area contributed by atoms with Crippen molar-refractivity contribution in [2.75, 3.05) is 6.26 Å². The molecule has 1 aromatic rings. The van der Waals surface area contributed by atoms with Gasteiger partial charge in [0.1, 0.15) is 0 Å². The smallest absolute Gasteiger partial charge is 0.258 e. The molecule has 3 nitrogen and oxygen atoms in total. The first-order chi connectivity index (χ1) is 14.1. The van der Waals surface area contributed by atoms with Crippen LogP contribution in [0.5, 0.6) is 0 Å². The quantitative estimate of drug-likeness (QED) is 0.280. The first-order valence-corrected chi connectivity index (χ1v) is 14.8. The third-order valence-electron chi connectivity index (χ3n) is 6.92. The van der Waals surface area contributed by atoms with Crippen molar-refractivity contribution in [3.8, 4) is 0 Å². The van der Waals surface area contributed by atoms with E-state index in [9.17, 15) is 4.79 Å². The van der Waals surface area contributed by atoms with Crippen LogP contribution in [0.1, 0.15) is 66.9 Å². The summed E-state index contributed by atoms with van der Waals surface area (Å²) in [6.45, 7) is 16.9. The average molecular weight is 448 g/mol. The van der Waals surface area contributed by atoms with Crippen LogP contribution < -0.4 is 0 Å². The lowest BCUT2D eigenvalue weighted by Crippen LogP contribution is -2.46. The second-order valence-corrected chi connectivity index (χ2v) is 15.8. The molecule has 1 saturated heterocycles. The Hall–Kier alpha value is -1.20. The number of carbonyl (C=O) groups excluding carboxylic acids is 1. The number of hydrogen-bond acceptors (Lipinski definition) is 3. The van der Waals surface area contributed by atoms with E-state index in [1.54, 1.807) is 11.8 Å². The predicted molar refractivity (Wildman–Crippen MR) is 133 cm³/mol. The number of benzene rings is 1. The summed E-state index contributed by atoms with van der Waals surface area (Å²) in [5.74, 6) is 0.542. The first-order valence-electron chi connectivity index (χ1n) is 11.4. The molecule has 0 N–H and O–H groups in total. The number of likely N-dealkylation sites (tertiary alicyclic amines) is 1. The maximum Gasteiger partial charge on any atom is 0.258 e. The molecule has 168 valence electrons. The highest BCUT2D eigenvalue weighted by Gasteiger charge is 2.46. The molecule has 1 aromatic carbocycles. The molecule has 0 unspecified atom stereocenters. The molecule has 0 radical (unpaired) electrons. The molecule has 30 heavy (non-hydrogen) atoms. The van der Waals surface area contributed by atoms with Gasteiger partial charge in [-0.3, -0.25) is 4.79 Å². The fourth-order valence-corrected chi connectivity index (χ4v) is 11.3. The van der Waals surface area contributed by atoms with Gasteiger partial charge in [-0.2, -0.15) is 0 Å². The minimum atomic E-state index is -1.95. The summed E-state index contributed by atoms with van der Waals surface area (Å²) in [6, 6.07) is 10.6. The Morgan fingerprint density at radius 2 is 1.67 bits per heavy atom. The zero-order valence-corrected chi connectivity index (χ0v) is 22.0. The third kappa shape index (κ3) is 5.34. The van der Waals surface area contributed by atoms with Gasteiger partial charge in [0.2, 0.25) is 5.91 Å². The summed E-state index contributed by atoms with van der Waals surface area (Å²) in [7, 11) is -1.95. The van der Waals surface area contributed by atoms with E-state index in [0.29, 0.717) is 29.6 Å². The van der Waals surface area contributed by atoms with Crippen molar-refractivity contribution in [2.24, 2.45) is 5.92 Å². The maximum absolute atomic E-state index is 12.7. The average Bonchev–Trinajstić information content (AvgIpc) is 3.05. The third-order valence-corrected chi connectivity index (χ3v) is 13.8. The van der Waals surface area contributed by atoms with Gasteiger partial charge in [-0.25, -0.2) is 0 Å². The molecule has 0 saturated carbocycles. The molecule has 0 spiro atoms. The van der Waals surface area contributed by atoms with E-state index in [4.69, 9.17) is 4.43 Å². The Kier molecular flexibility index (Phi) is 9.10. The molecule has 1 aliphatic heterocycles. The number of amides is 1. The summed E-state index contributed by atoms with van der Waals surface area (Å²) in [5.41, 5.74) is 2.85. The van der Waals surface area contributed by atoms with Crippen molar-refractivity contribution in [3.05, 3.63) is 47.1 Å². The highest BCUT2D eigenvalue weighted by molar-refractivity contribution is 8.02. The van der Waals surface area contributed by atoms with Crippen molar-refractivity contribution in [2.45, 2.75) is 90.5 Å². The van der Waals surface area contributed by atoms with Crippen LogP contribution in [0.4, 0.5) is 0 Å². The number of thioether (sulfide) groups is 1. The molecule has 0 aromatic heterocycles. The lowest BCUT2D eigenvalue weighted by atomic mass is 9.99. The fourth-order valence-electron chi connectivity index (χ4n) is 5.36. The summed E-state index contributed by atoms with van der Waals surface area (Å²) in [6.07, 6.45) is 5.78. The van der Waals surface area contributed by atoms with Crippen LogP contribution in [0.15, 0.2) is 41.5 Å². The number of rotatable bonds is 10. The zero-order chi connectivity index (χ0) is 22.5. The minimum Gasteiger partial charge on any atom is -0.547 e. The largest absolute Gasteiger partial charge is 0.547 e. The lowest BCUT2D eigenvalue weighted by Gasteiger charge is -2.41. The van der Waals surface area contributed by atoms with E-state index in [1.807, 2.05) is 18.2 Å². The molecular weight excluding hydrogens is 406 g/mol. The fraction of sp³-hybridized carbons (Fsp3) is 0.640. The van der Waals surface area contributed by atoms with Gasteiger partial charge in [0, 0.05) is 29.8 Å². The molecule has 2 rings (SSSR count). The summed E-state index contributed by atoms with van der Waals surface area (Å²) in [4.78, 5) is 16.0. The Balaban J connectivity index is 2.24. The molecule has 1 aliphatic rings. The lowest BCUT2D eigenvalue weighted by molar-refractivity contribution is -0.129. The number of nitrogens with zero attached hydrogens (tertiary/aromatic N) is 1. The van der Waals surface area contributed by atoms with Crippen LogP contribution in [0, 0.1) is 5.92 Å². The van der Waals surface area contributed by atoms with Crippen molar-refractivity contribution < 1.29 is 9.22 Å². The van der Waals surface area contributed by atoms with Crippen LogP contribution in [0.2, 0.25) is 16.6 Å². The Morgan fingerprint density at radius 1 is 1.10 bits per heavy atom. The molecule has 5 heteroatoms. The van der Waals surface area contributed by atoms with Crippen LogP contribution in [-0.2, 0) is 15.8 Å². The summed E-state index contributed by atoms with van der Waals surface area (Å²) >= 11 is 1.77. The van der Waals surface area contributed by atoms with Gasteiger partial charge in [-0.1, -0.05) is 78.8 Å². The maximum atomic E-state index is 12.7.